The molecule has 1 aromatic carbocycles. The molecule has 2 heterocycles. The van der Waals surface area contributed by atoms with Gasteiger partial charge in [-0.05, 0) is 36.8 Å². The van der Waals surface area contributed by atoms with E-state index in [0.717, 1.165) is 6.42 Å². The summed E-state index contributed by atoms with van der Waals surface area (Å²) in [5, 5.41) is 2.59. The number of nitrogens with zero attached hydrogens (tertiary/aromatic N) is 2. The van der Waals surface area contributed by atoms with Crippen LogP contribution in [0.2, 0.25) is 5.15 Å². The number of pyridine rings is 1. The molecule has 1 aliphatic rings. The molecule has 150 valence electrons. The van der Waals surface area contributed by atoms with Crippen molar-refractivity contribution >= 4 is 41.0 Å². The molecule has 0 unspecified atom stereocenters. The van der Waals surface area contributed by atoms with Crippen LogP contribution in [0.4, 0.5) is 5.69 Å². The molecule has 0 bridgehead atoms. The second-order valence-corrected chi connectivity index (χ2v) is 6.70. The highest BCUT2D eigenvalue weighted by Gasteiger charge is 2.35. The van der Waals surface area contributed by atoms with Gasteiger partial charge in [0.05, 0.1) is 22.4 Å². The van der Waals surface area contributed by atoms with Crippen LogP contribution in [-0.2, 0) is 9.53 Å². The first-order valence-corrected chi connectivity index (χ1v) is 9.38. The van der Waals surface area contributed by atoms with Crippen molar-refractivity contribution in [3.05, 3.63) is 58.4 Å². The number of fused-ring (bicyclic) bond motifs is 1. The van der Waals surface area contributed by atoms with Crippen LogP contribution in [0.15, 0.2) is 36.5 Å². The number of carbonyl (C=O) groups is 4. The van der Waals surface area contributed by atoms with E-state index >= 15 is 0 Å². The van der Waals surface area contributed by atoms with E-state index in [1.165, 1.54) is 29.3 Å². The molecule has 2 aromatic rings. The van der Waals surface area contributed by atoms with E-state index in [9.17, 15) is 19.2 Å². The Morgan fingerprint density at radius 1 is 1.17 bits per heavy atom. The number of hydrogen-bond acceptors (Lipinski definition) is 6. The van der Waals surface area contributed by atoms with Gasteiger partial charge in [0.25, 0.3) is 17.7 Å². The second kappa shape index (κ2) is 8.83. The minimum Gasteiger partial charge on any atom is -0.452 e. The third-order valence-corrected chi connectivity index (χ3v) is 4.61. The van der Waals surface area contributed by atoms with Crippen LogP contribution in [0.25, 0.3) is 0 Å². The van der Waals surface area contributed by atoms with Crippen LogP contribution < -0.4 is 5.32 Å². The second-order valence-electron chi connectivity index (χ2n) is 6.34. The summed E-state index contributed by atoms with van der Waals surface area (Å²) in [6.07, 6.45) is 3.02. The van der Waals surface area contributed by atoms with Gasteiger partial charge in [-0.25, -0.2) is 9.78 Å². The Hall–Kier alpha value is -3.26. The number of esters is 1. The molecule has 3 rings (SSSR count). The van der Waals surface area contributed by atoms with E-state index in [0.29, 0.717) is 18.7 Å². The Labute approximate surface area is 171 Å². The summed E-state index contributed by atoms with van der Waals surface area (Å²) in [5.41, 5.74) is 0.789. The summed E-state index contributed by atoms with van der Waals surface area (Å²) in [5.74, 6) is -2.18. The molecule has 0 saturated carbocycles. The number of carbonyl (C=O) groups excluding carboxylic acids is 4. The predicted octanol–water partition coefficient (Wildman–Crippen LogP) is 2.93. The van der Waals surface area contributed by atoms with Crippen molar-refractivity contribution in [1.29, 1.82) is 0 Å². The smallest absolute Gasteiger partial charge is 0.338 e. The highest BCUT2D eigenvalue weighted by atomic mass is 35.5. The first kappa shape index (κ1) is 20.5. The Morgan fingerprint density at radius 3 is 2.66 bits per heavy atom. The number of hydrogen-bond donors (Lipinski definition) is 1. The van der Waals surface area contributed by atoms with E-state index in [-0.39, 0.29) is 27.8 Å². The summed E-state index contributed by atoms with van der Waals surface area (Å²) in [4.78, 5) is 54.0. The van der Waals surface area contributed by atoms with Gasteiger partial charge in [0, 0.05) is 12.7 Å². The van der Waals surface area contributed by atoms with Gasteiger partial charge in [0.15, 0.2) is 11.8 Å². The van der Waals surface area contributed by atoms with Crippen LogP contribution in [0.5, 0.6) is 0 Å². The van der Waals surface area contributed by atoms with Gasteiger partial charge in [-0.15, -0.1) is 0 Å². The van der Waals surface area contributed by atoms with Crippen molar-refractivity contribution < 1.29 is 23.9 Å². The van der Waals surface area contributed by atoms with Gasteiger partial charge >= 0.3 is 5.97 Å². The summed E-state index contributed by atoms with van der Waals surface area (Å²) < 4.78 is 4.99. The molecule has 29 heavy (non-hydrogen) atoms. The fourth-order valence-corrected chi connectivity index (χ4v) is 2.98. The van der Waals surface area contributed by atoms with Gasteiger partial charge in [-0.3, -0.25) is 19.3 Å². The number of rotatable bonds is 7. The van der Waals surface area contributed by atoms with Gasteiger partial charge in [-0.1, -0.05) is 24.9 Å². The number of unbranched alkanes of at least 4 members (excludes halogenated alkanes) is 1. The quantitative estimate of drug-likeness (QED) is 0.423. The van der Waals surface area contributed by atoms with Crippen molar-refractivity contribution in [3.63, 3.8) is 0 Å². The summed E-state index contributed by atoms with van der Waals surface area (Å²) in [6, 6.07) is 7.29. The van der Waals surface area contributed by atoms with Crippen LogP contribution in [0.1, 0.15) is 50.8 Å². The largest absolute Gasteiger partial charge is 0.452 e. The molecular weight excluding hydrogens is 398 g/mol. The molecule has 9 heteroatoms. The first-order chi connectivity index (χ1) is 13.9. The molecule has 0 spiro atoms. The van der Waals surface area contributed by atoms with E-state index in [2.05, 4.69) is 10.3 Å². The molecule has 0 radical (unpaired) electrons. The van der Waals surface area contributed by atoms with Crippen LogP contribution in [-0.4, -0.2) is 46.7 Å². The molecule has 0 aliphatic carbocycles. The van der Waals surface area contributed by atoms with Crippen molar-refractivity contribution in [2.75, 3.05) is 18.5 Å². The van der Waals surface area contributed by atoms with E-state index in [1.54, 1.807) is 12.1 Å². The van der Waals surface area contributed by atoms with E-state index < -0.39 is 24.4 Å². The number of ether oxygens (including phenoxy) is 1. The molecule has 1 aromatic heterocycles. The third kappa shape index (κ3) is 4.43. The first-order valence-electron chi connectivity index (χ1n) is 9.00. The van der Waals surface area contributed by atoms with Crippen molar-refractivity contribution in [1.82, 2.24) is 9.88 Å². The van der Waals surface area contributed by atoms with E-state index in [1.807, 2.05) is 6.92 Å². The zero-order chi connectivity index (χ0) is 21.0. The highest BCUT2D eigenvalue weighted by Crippen LogP contribution is 2.25. The lowest BCUT2D eigenvalue weighted by Crippen LogP contribution is -2.30. The minimum absolute atomic E-state index is 0.0782. The van der Waals surface area contributed by atoms with Crippen molar-refractivity contribution in [3.8, 4) is 0 Å². The molecule has 8 nitrogen and oxygen atoms in total. The minimum atomic E-state index is -0.785. The fraction of sp³-hybridized carbons (Fsp3) is 0.250. The maximum atomic E-state index is 12.5. The molecule has 3 amide bonds. The Bertz CT molecular complexity index is 992. The number of nitrogens with one attached hydrogen (secondary N) is 1. The maximum Gasteiger partial charge on any atom is 0.338 e. The summed E-state index contributed by atoms with van der Waals surface area (Å²) in [7, 11) is 0. The lowest BCUT2D eigenvalue weighted by atomic mass is 10.1. The number of halogens is 1. The monoisotopic (exact) mass is 415 g/mol. The standard InChI is InChI=1S/C20H18ClN3O5/c1-2-3-9-24-18(26)13-7-6-12(10-14(13)19(24)27)20(28)29-11-16(25)23-15-5-4-8-22-17(15)21/h4-8,10H,2-3,9,11H2,1H3,(H,23,25). The summed E-state index contributed by atoms with van der Waals surface area (Å²) >= 11 is 5.85. The van der Waals surface area contributed by atoms with Crippen molar-refractivity contribution in [2.24, 2.45) is 0 Å². The lowest BCUT2D eigenvalue weighted by molar-refractivity contribution is -0.119. The zero-order valence-corrected chi connectivity index (χ0v) is 16.4. The van der Waals surface area contributed by atoms with Gasteiger partial charge in [-0.2, -0.15) is 0 Å². The number of anilines is 1. The lowest BCUT2D eigenvalue weighted by Gasteiger charge is -2.12. The summed E-state index contributed by atoms with van der Waals surface area (Å²) in [6.45, 7) is 1.75. The van der Waals surface area contributed by atoms with Crippen LogP contribution in [0, 0.1) is 0 Å². The highest BCUT2D eigenvalue weighted by molar-refractivity contribution is 6.32. The maximum absolute atomic E-state index is 12.5. The van der Waals surface area contributed by atoms with E-state index in [4.69, 9.17) is 16.3 Å². The number of imide groups is 1. The fourth-order valence-electron chi connectivity index (χ4n) is 2.82. The Balaban J connectivity index is 1.64. The topological polar surface area (TPSA) is 106 Å². The molecule has 0 atom stereocenters. The normalized spacial score (nSPS) is 12.7. The Morgan fingerprint density at radius 2 is 1.93 bits per heavy atom. The molecule has 1 aliphatic heterocycles. The Kier molecular flexibility index (Phi) is 6.23. The van der Waals surface area contributed by atoms with Gasteiger partial charge < -0.3 is 10.1 Å². The molecule has 0 saturated heterocycles. The van der Waals surface area contributed by atoms with Crippen molar-refractivity contribution in [2.45, 2.75) is 19.8 Å². The number of amides is 3. The number of benzene rings is 1. The molecular formula is C20H18ClN3O5. The molecule has 0 fully saturated rings. The third-order valence-electron chi connectivity index (χ3n) is 4.31. The number of aromatic nitrogens is 1. The van der Waals surface area contributed by atoms with Crippen LogP contribution >= 0.6 is 11.6 Å². The van der Waals surface area contributed by atoms with Gasteiger partial charge in [0.1, 0.15) is 0 Å². The SMILES string of the molecule is CCCCN1C(=O)c2ccc(C(=O)OCC(=O)Nc3cccnc3Cl)cc2C1=O. The molecule has 1 N–H and O–H groups in total. The average Bonchev–Trinajstić information content (AvgIpc) is 2.96. The van der Waals surface area contributed by atoms with Gasteiger partial charge in [0.2, 0.25) is 0 Å². The average molecular weight is 416 g/mol. The zero-order valence-electron chi connectivity index (χ0n) is 15.6. The predicted molar refractivity (Wildman–Crippen MR) is 105 cm³/mol. The van der Waals surface area contributed by atoms with Crippen LogP contribution in [0.3, 0.4) is 0 Å².